The summed E-state index contributed by atoms with van der Waals surface area (Å²) in [7, 11) is -3.64. The molecule has 35 heavy (non-hydrogen) atoms. The predicted octanol–water partition coefficient (Wildman–Crippen LogP) is 2.82. The van der Waals surface area contributed by atoms with E-state index in [2.05, 4.69) is 5.32 Å². The third kappa shape index (κ3) is 4.40. The lowest BCUT2D eigenvalue weighted by atomic mass is 10.1. The zero-order valence-corrected chi connectivity index (χ0v) is 19.8. The zero-order chi connectivity index (χ0) is 24.7. The molecule has 1 N–H and O–H groups in total. The number of fused-ring (bicyclic) bond motifs is 2. The first-order chi connectivity index (χ1) is 16.7. The molecule has 2 aromatic heterocycles. The Balaban J connectivity index is 1.32. The van der Waals surface area contributed by atoms with Gasteiger partial charge >= 0.3 is 11.4 Å². The summed E-state index contributed by atoms with van der Waals surface area (Å²) in [5.41, 5.74) is 1.68. The van der Waals surface area contributed by atoms with Crippen LogP contribution in [0, 0.1) is 6.92 Å². The third-order valence-electron chi connectivity index (χ3n) is 6.14. The first-order valence-corrected chi connectivity index (χ1v) is 12.6. The minimum atomic E-state index is -3.64. The van der Waals surface area contributed by atoms with Crippen LogP contribution in [0.4, 0.5) is 5.69 Å². The van der Waals surface area contributed by atoms with Gasteiger partial charge < -0.3 is 14.2 Å². The van der Waals surface area contributed by atoms with Gasteiger partial charge in [-0.1, -0.05) is 0 Å². The van der Waals surface area contributed by atoms with Crippen molar-refractivity contribution in [3.05, 3.63) is 69.0 Å². The summed E-state index contributed by atoms with van der Waals surface area (Å²) < 4.78 is 38.8. The number of sulfonamides is 1. The SMILES string of the molecule is Cc1cc(=O)oc2cc(NC(=O)CCn3c(=O)oc4cc(S(=O)(=O)N5CCCC5)ccc43)ccc12. The number of rotatable bonds is 6. The van der Waals surface area contributed by atoms with E-state index in [0.29, 0.717) is 29.9 Å². The number of carbonyl (C=O) groups is 1. The van der Waals surface area contributed by atoms with Crippen molar-refractivity contribution < 1.29 is 22.0 Å². The Labute approximate surface area is 199 Å². The molecular weight excluding hydrogens is 474 g/mol. The van der Waals surface area contributed by atoms with Gasteiger partial charge in [0.05, 0.1) is 10.4 Å². The minimum absolute atomic E-state index is 0.0296. The summed E-state index contributed by atoms with van der Waals surface area (Å²) in [6, 6.07) is 10.8. The van der Waals surface area contributed by atoms with E-state index < -0.39 is 21.4 Å². The van der Waals surface area contributed by atoms with E-state index in [1.807, 2.05) is 0 Å². The van der Waals surface area contributed by atoms with E-state index in [0.717, 1.165) is 23.8 Å². The summed E-state index contributed by atoms with van der Waals surface area (Å²) in [5, 5.41) is 3.50. The first kappa shape index (κ1) is 23.1. The lowest BCUT2D eigenvalue weighted by Crippen LogP contribution is -2.27. The molecule has 10 nitrogen and oxygen atoms in total. The van der Waals surface area contributed by atoms with Gasteiger partial charge in [0, 0.05) is 55.3 Å². The van der Waals surface area contributed by atoms with Gasteiger partial charge in [0.1, 0.15) is 5.58 Å². The number of aromatic nitrogens is 1. The van der Waals surface area contributed by atoms with Gasteiger partial charge in [-0.2, -0.15) is 4.31 Å². The highest BCUT2D eigenvalue weighted by Gasteiger charge is 2.28. The molecule has 0 unspecified atom stereocenters. The van der Waals surface area contributed by atoms with Gasteiger partial charge in [0.2, 0.25) is 15.9 Å². The summed E-state index contributed by atoms with van der Waals surface area (Å²) in [4.78, 5) is 36.6. The molecule has 0 atom stereocenters. The highest BCUT2D eigenvalue weighted by molar-refractivity contribution is 7.89. The molecule has 182 valence electrons. The van der Waals surface area contributed by atoms with Gasteiger partial charge in [0.15, 0.2) is 5.58 Å². The Morgan fingerprint density at radius 1 is 1.00 bits per heavy atom. The summed E-state index contributed by atoms with van der Waals surface area (Å²) >= 11 is 0. The molecule has 1 amide bonds. The Morgan fingerprint density at radius 3 is 2.54 bits per heavy atom. The fraction of sp³-hybridized carbons (Fsp3) is 0.292. The normalized spacial score (nSPS) is 14.7. The first-order valence-electron chi connectivity index (χ1n) is 11.2. The van der Waals surface area contributed by atoms with Crippen LogP contribution in [0.25, 0.3) is 22.1 Å². The van der Waals surface area contributed by atoms with Crippen LogP contribution in [0.15, 0.2) is 65.8 Å². The highest BCUT2D eigenvalue weighted by Crippen LogP contribution is 2.25. The molecule has 2 aromatic carbocycles. The van der Waals surface area contributed by atoms with Gasteiger partial charge in [-0.05, 0) is 49.6 Å². The molecule has 0 saturated carbocycles. The molecular formula is C24H23N3O7S. The molecule has 1 aliphatic rings. The average molecular weight is 498 g/mol. The molecule has 0 spiro atoms. The number of nitrogens with one attached hydrogen (secondary N) is 1. The number of aryl methyl sites for hydroxylation is 2. The maximum Gasteiger partial charge on any atom is 0.419 e. The van der Waals surface area contributed by atoms with Gasteiger partial charge in [0.25, 0.3) is 0 Å². The molecule has 1 fully saturated rings. The van der Waals surface area contributed by atoms with Crippen LogP contribution >= 0.6 is 0 Å². The quantitative estimate of drug-likeness (QED) is 0.405. The number of benzene rings is 2. The second-order valence-electron chi connectivity index (χ2n) is 8.52. The van der Waals surface area contributed by atoms with Crippen LogP contribution in [0.3, 0.4) is 0 Å². The topological polar surface area (TPSA) is 132 Å². The van der Waals surface area contributed by atoms with Crippen LogP contribution in [-0.4, -0.2) is 36.3 Å². The van der Waals surface area contributed by atoms with Gasteiger partial charge in [-0.25, -0.2) is 18.0 Å². The number of oxazole rings is 1. The van der Waals surface area contributed by atoms with Crippen molar-refractivity contribution in [3.8, 4) is 0 Å². The number of hydrogen-bond donors (Lipinski definition) is 1. The molecule has 11 heteroatoms. The number of anilines is 1. The van der Waals surface area contributed by atoms with Crippen molar-refractivity contribution in [1.82, 2.24) is 8.87 Å². The Kier molecular flexibility index (Phi) is 5.81. The zero-order valence-electron chi connectivity index (χ0n) is 18.9. The molecule has 0 radical (unpaired) electrons. The van der Waals surface area contributed by atoms with Crippen molar-refractivity contribution in [3.63, 3.8) is 0 Å². The molecule has 1 saturated heterocycles. The lowest BCUT2D eigenvalue weighted by Gasteiger charge is -2.15. The highest BCUT2D eigenvalue weighted by atomic mass is 32.2. The maximum atomic E-state index is 12.8. The number of carbonyl (C=O) groups excluding carboxylic acids is 1. The van der Waals surface area contributed by atoms with Gasteiger partial charge in [-0.3, -0.25) is 9.36 Å². The fourth-order valence-corrected chi connectivity index (χ4v) is 5.87. The van der Waals surface area contributed by atoms with E-state index >= 15 is 0 Å². The molecule has 3 heterocycles. The van der Waals surface area contributed by atoms with Crippen molar-refractivity contribution in [1.29, 1.82) is 0 Å². The monoisotopic (exact) mass is 497 g/mol. The lowest BCUT2D eigenvalue weighted by molar-refractivity contribution is -0.116. The van der Waals surface area contributed by atoms with Crippen LogP contribution in [0.1, 0.15) is 24.8 Å². The Hall–Kier alpha value is -3.70. The molecule has 0 aliphatic carbocycles. The van der Waals surface area contributed by atoms with Gasteiger partial charge in [-0.15, -0.1) is 0 Å². The van der Waals surface area contributed by atoms with Crippen LogP contribution in [0.2, 0.25) is 0 Å². The average Bonchev–Trinajstić information content (AvgIpc) is 3.45. The molecule has 0 bridgehead atoms. The van der Waals surface area contributed by atoms with Crippen molar-refractivity contribution >= 4 is 43.7 Å². The van der Waals surface area contributed by atoms with Crippen molar-refractivity contribution in [2.24, 2.45) is 0 Å². The maximum absolute atomic E-state index is 12.8. The van der Waals surface area contributed by atoms with E-state index in [1.54, 1.807) is 25.1 Å². The van der Waals surface area contributed by atoms with Crippen LogP contribution in [-0.2, 0) is 21.4 Å². The fourth-order valence-electron chi connectivity index (χ4n) is 4.34. The minimum Gasteiger partial charge on any atom is -0.423 e. The second kappa shape index (κ2) is 8.82. The Bertz CT molecular complexity index is 1680. The van der Waals surface area contributed by atoms with E-state index in [1.165, 1.54) is 33.1 Å². The smallest absolute Gasteiger partial charge is 0.419 e. The van der Waals surface area contributed by atoms with E-state index in [4.69, 9.17) is 8.83 Å². The van der Waals surface area contributed by atoms with E-state index in [-0.39, 0.29) is 29.4 Å². The van der Waals surface area contributed by atoms with Crippen LogP contribution < -0.4 is 16.7 Å². The number of hydrogen-bond acceptors (Lipinski definition) is 7. The standard InChI is InChI=1S/C24H23N3O7S/c1-15-12-23(29)33-20-13-16(4-6-18(15)20)25-22(28)8-11-27-19-7-5-17(14-21(19)34-24(27)30)35(31,32)26-9-2-3-10-26/h4-7,12-14H,2-3,8-11H2,1H3,(H,25,28). The Morgan fingerprint density at radius 2 is 1.77 bits per heavy atom. The summed E-state index contributed by atoms with van der Waals surface area (Å²) in [6.07, 6.45) is 1.61. The molecule has 1 aliphatic heterocycles. The predicted molar refractivity (Wildman–Crippen MR) is 129 cm³/mol. The third-order valence-corrected chi connectivity index (χ3v) is 8.03. The molecule has 5 rings (SSSR count). The second-order valence-corrected chi connectivity index (χ2v) is 10.5. The number of amides is 1. The largest absolute Gasteiger partial charge is 0.423 e. The molecule has 4 aromatic rings. The summed E-state index contributed by atoms with van der Waals surface area (Å²) in [5.74, 6) is -1.03. The summed E-state index contributed by atoms with van der Waals surface area (Å²) in [6.45, 7) is 2.79. The van der Waals surface area contributed by atoms with E-state index in [9.17, 15) is 22.8 Å². The van der Waals surface area contributed by atoms with Crippen molar-refractivity contribution in [2.75, 3.05) is 18.4 Å². The van der Waals surface area contributed by atoms with Crippen molar-refractivity contribution in [2.45, 2.75) is 37.6 Å². The van der Waals surface area contributed by atoms with Crippen LogP contribution in [0.5, 0.6) is 0 Å². The number of nitrogens with zero attached hydrogens (tertiary/aromatic N) is 2.